The molecule has 3 aromatic carbocycles. The summed E-state index contributed by atoms with van der Waals surface area (Å²) in [5.74, 6) is -1.42. The third-order valence-electron chi connectivity index (χ3n) is 5.63. The van der Waals surface area contributed by atoms with Gasteiger partial charge in [-0.05, 0) is 59.8 Å². The summed E-state index contributed by atoms with van der Waals surface area (Å²) in [7, 11) is 0. The fraction of sp³-hybridized carbons (Fsp3) is 0.120. The molecule has 1 aromatic heterocycles. The van der Waals surface area contributed by atoms with E-state index in [0.29, 0.717) is 5.56 Å². The molecular weight excluding hydrogens is 432 g/mol. The number of amides is 1. The van der Waals surface area contributed by atoms with E-state index < -0.39 is 23.2 Å². The number of nitrogens with zero attached hydrogens (tertiary/aromatic N) is 1. The first-order valence-electron chi connectivity index (χ1n) is 9.92. The van der Waals surface area contributed by atoms with Crippen molar-refractivity contribution < 1.29 is 18.0 Å². The molecule has 1 aliphatic rings. The first kappa shape index (κ1) is 20.5. The third kappa shape index (κ3) is 3.39. The highest BCUT2D eigenvalue weighted by Crippen LogP contribution is 2.39. The van der Waals surface area contributed by atoms with Gasteiger partial charge in [-0.3, -0.25) is 9.59 Å². The summed E-state index contributed by atoms with van der Waals surface area (Å²) in [6.07, 6.45) is 1.96. The zero-order chi connectivity index (χ0) is 22.4. The quantitative estimate of drug-likeness (QED) is 0.384. The van der Waals surface area contributed by atoms with E-state index in [-0.39, 0.29) is 34.7 Å². The van der Waals surface area contributed by atoms with Gasteiger partial charge in [-0.25, -0.2) is 8.78 Å². The molecule has 0 spiro atoms. The number of thioether (sulfide) groups is 1. The van der Waals surface area contributed by atoms with E-state index in [1.54, 1.807) is 23.9 Å². The van der Waals surface area contributed by atoms with Crippen molar-refractivity contribution >= 4 is 28.6 Å². The lowest BCUT2D eigenvalue weighted by Gasteiger charge is -2.25. The molecule has 1 aliphatic heterocycles. The normalized spacial score (nSPS) is 15.4. The van der Waals surface area contributed by atoms with Crippen molar-refractivity contribution in [3.63, 3.8) is 0 Å². The second kappa shape index (κ2) is 7.91. The molecule has 4 aromatic rings. The lowest BCUT2D eigenvalue weighted by molar-refractivity contribution is 0.0714. The average molecular weight is 449 g/mol. The third-order valence-corrected chi connectivity index (χ3v) is 6.37. The Morgan fingerprint density at radius 3 is 2.31 bits per heavy atom. The van der Waals surface area contributed by atoms with Gasteiger partial charge in [-0.2, -0.15) is 0 Å². The maximum atomic E-state index is 13.9. The molecule has 0 bridgehead atoms. The highest BCUT2D eigenvalue weighted by atomic mass is 32.2. The first-order valence-corrected chi connectivity index (χ1v) is 11.1. The Bertz CT molecular complexity index is 1400. The van der Waals surface area contributed by atoms with Crippen LogP contribution in [0.15, 0.2) is 80.8 Å². The molecule has 0 N–H and O–H groups in total. The fourth-order valence-corrected chi connectivity index (χ4v) is 4.48. The maximum Gasteiger partial charge on any atom is 0.291 e. The van der Waals surface area contributed by atoms with Crippen molar-refractivity contribution in [2.24, 2.45) is 0 Å². The Morgan fingerprint density at radius 2 is 1.62 bits per heavy atom. The minimum atomic E-state index is -0.706. The highest BCUT2D eigenvalue weighted by molar-refractivity contribution is 7.98. The monoisotopic (exact) mass is 449 g/mol. The lowest BCUT2D eigenvalue weighted by Crippen LogP contribution is -2.29. The second-order valence-electron chi connectivity index (χ2n) is 7.55. The molecule has 1 amide bonds. The summed E-state index contributed by atoms with van der Waals surface area (Å²) in [4.78, 5) is 29.4. The number of hydrogen-bond acceptors (Lipinski definition) is 4. The largest absolute Gasteiger partial charge is 0.450 e. The van der Waals surface area contributed by atoms with E-state index >= 15 is 0 Å². The predicted octanol–water partition coefficient (Wildman–Crippen LogP) is 5.54. The van der Waals surface area contributed by atoms with Crippen molar-refractivity contribution in [3.05, 3.63) is 111 Å². The van der Waals surface area contributed by atoms with Gasteiger partial charge in [0.2, 0.25) is 5.76 Å². The number of hydrogen-bond donors (Lipinski definition) is 0. The molecule has 5 rings (SSSR count). The first-order chi connectivity index (χ1) is 15.5. The van der Waals surface area contributed by atoms with Crippen LogP contribution in [0.2, 0.25) is 0 Å². The maximum absolute atomic E-state index is 13.9. The van der Waals surface area contributed by atoms with E-state index in [0.717, 1.165) is 16.5 Å². The summed E-state index contributed by atoms with van der Waals surface area (Å²) in [6.45, 7) is 0.155. The van der Waals surface area contributed by atoms with Crippen LogP contribution in [0.4, 0.5) is 8.78 Å². The number of rotatable bonds is 4. The van der Waals surface area contributed by atoms with E-state index in [9.17, 15) is 18.4 Å². The van der Waals surface area contributed by atoms with Crippen molar-refractivity contribution in [2.45, 2.75) is 17.5 Å². The van der Waals surface area contributed by atoms with Crippen molar-refractivity contribution in [1.29, 1.82) is 0 Å². The molecule has 160 valence electrons. The van der Waals surface area contributed by atoms with Gasteiger partial charge in [0.25, 0.3) is 5.91 Å². The minimum Gasteiger partial charge on any atom is -0.450 e. The van der Waals surface area contributed by atoms with Crippen molar-refractivity contribution in [1.82, 2.24) is 4.90 Å². The van der Waals surface area contributed by atoms with Crippen LogP contribution in [0.3, 0.4) is 0 Å². The van der Waals surface area contributed by atoms with Crippen LogP contribution >= 0.6 is 11.8 Å². The molecule has 7 heteroatoms. The molecule has 0 aliphatic carbocycles. The zero-order valence-electron chi connectivity index (χ0n) is 17.0. The molecule has 2 heterocycles. The Balaban J connectivity index is 1.70. The van der Waals surface area contributed by atoms with Crippen LogP contribution in [-0.2, 0) is 6.54 Å². The summed E-state index contributed by atoms with van der Waals surface area (Å²) < 4.78 is 33.0. The minimum absolute atomic E-state index is 0.0461. The molecule has 4 nitrogen and oxygen atoms in total. The van der Waals surface area contributed by atoms with Gasteiger partial charge < -0.3 is 9.32 Å². The molecule has 0 saturated carbocycles. The van der Waals surface area contributed by atoms with Gasteiger partial charge in [-0.15, -0.1) is 11.8 Å². The van der Waals surface area contributed by atoms with Crippen LogP contribution in [0.5, 0.6) is 0 Å². The molecule has 32 heavy (non-hydrogen) atoms. The summed E-state index contributed by atoms with van der Waals surface area (Å²) >= 11 is 1.58. The van der Waals surface area contributed by atoms with Crippen molar-refractivity contribution in [3.8, 4) is 0 Å². The number of carbonyl (C=O) groups excluding carboxylic acids is 1. The molecule has 1 atom stereocenters. The van der Waals surface area contributed by atoms with Crippen LogP contribution < -0.4 is 5.43 Å². The molecular formula is C25H17F2NO3S. The Labute approximate surface area is 186 Å². The van der Waals surface area contributed by atoms with E-state index in [2.05, 4.69) is 0 Å². The standard InChI is InChI=1S/C25H17F2NO3S/c1-32-18-9-4-15(5-10-18)22-21-23(29)19-12-17(27)8-11-20(19)31-24(21)25(30)28(22)13-14-2-6-16(26)7-3-14/h2-12,22H,13H2,1H3. The number of benzene rings is 3. The molecule has 0 radical (unpaired) electrons. The topological polar surface area (TPSA) is 50.5 Å². The zero-order valence-corrected chi connectivity index (χ0v) is 17.8. The van der Waals surface area contributed by atoms with Crippen LogP contribution in [0.1, 0.15) is 33.3 Å². The van der Waals surface area contributed by atoms with Gasteiger partial charge in [-0.1, -0.05) is 24.3 Å². The Kier molecular flexibility index (Phi) is 5.06. The van der Waals surface area contributed by atoms with Crippen LogP contribution in [-0.4, -0.2) is 17.1 Å². The number of halogens is 2. The summed E-state index contributed by atoms with van der Waals surface area (Å²) in [5, 5.41) is 0.0888. The highest BCUT2D eigenvalue weighted by Gasteiger charge is 2.42. The molecule has 0 fully saturated rings. The van der Waals surface area contributed by atoms with Crippen LogP contribution in [0.25, 0.3) is 11.0 Å². The fourth-order valence-electron chi connectivity index (χ4n) is 4.07. The summed E-state index contributed by atoms with van der Waals surface area (Å²) in [6, 6.07) is 16.4. The predicted molar refractivity (Wildman–Crippen MR) is 119 cm³/mol. The second-order valence-corrected chi connectivity index (χ2v) is 8.43. The summed E-state index contributed by atoms with van der Waals surface area (Å²) in [5.41, 5.74) is 1.35. The van der Waals surface area contributed by atoms with E-state index in [4.69, 9.17) is 4.42 Å². The van der Waals surface area contributed by atoms with Gasteiger partial charge >= 0.3 is 0 Å². The number of carbonyl (C=O) groups is 1. The average Bonchev–Trinajstić information content (AvgIpc) is 3.08. The SMILES string of the molecule is CSc1ccc(C2c3c(oc4ccc(F)cc4c3=O)C(=O)N2Cc2ccc(F)cc2)cc1. The van der Waals surface area contributed by atoms with Crippen molar-refractivity contribution in [2.75, 3.05) is 6.26 Å². The number of fused-ring (bicyclic) bond motifs is 2. The van der Waals surface area contributed by atoms with Gasteiger partial charge in [0.1, 0.15) is 17.2 Å². The van der Waals surface area contributed by atoms with E-state index in [1.807, 2.05) is 30.5 Å². The Hall–Kier alpha value is -3.45. The lowest BCUT2D eigenvalue weighted by atomic mass is 9.98. The van der Waals surface area contributed by atoms with Crippen LogP contribution in [0, 0.1) is 11.6 Å². The van der Waals surface area contributed by atoms with Gasteiger partial charge in [0.15, 0.2) is 5.43 Å². The smallest absolute Gasteiger partial charge is 0.291 e. The Morgan fingerprint density at radius 1 is 0.938 bits per heavy atom. The van der Waals surface area contributed by atoms with E-state index in [1.165, 1.54) is 29.2 Å². The van der Waals surface area contributed by atoms with Gasteiger partial charge in [0, 0.05) is 11.4 Å². The van der Waals surface area contributed by atoms with Gasteiger partial charge in [0.05, 0.1) is 17.0 Å². The molecule has 0 saturated heterocycles. The molecule has 1 unspecified atom stereocenters.